The van der Waals surface area contributed by atoms with Crippen molar-refractivity contribution in [2.75, 3.05) is 12.3 Å². The lowest BCUT2D eigenvalue weighted by Gasteiger charge is -2.16. The first-order valence-corrected chi connectivity index (χ1v) is 5.95. The summed E-state index contributed by atoms with van der Waals surface area (Å²) < 4.78 is 6.85. The highest BCUT2D eigenvalue weighted by Crippen LogP contribution is 2.29. The van der Waals surface area contributed by atoms with Crippen LogP contribution in [0, 0.1) is 0 Å². The minimum Gasteiger partial charge on any atom is -0.394 e. The van der Waals surface area contributed by atoms with Crippen LogP contribution >= 0.6 is 0 Å². The summed E-state index contributed by atoms with van der Waals surface area (Å²) >= 11 is 0. The van der Waals surface area contributed by atoms with Crippen molar-refractivity contribution in [3.8, 4) is 0 Å². The Balaban J connectivity index is 2.09. The fourth-order valence-corrected chi connectivity index (χ4v) is 2.28. The Labute approximate surface area is 112 Å². The van der Waals surface area contributed by atoms with Crippen molar-refractivity contribution in [2.24, 2.45) is 5.73 Å². The van der Waals surface area contributed by atoms with Crippen LogP contribution in [0.1, 0.15) is 6.23 Å². The number of anilines is 1. The average Bonchev–Trinajstić information content (AvgIpc) is 2.93. The Morgan fingerprint density at radius 3 is 2.95 bits per heavy atom. The van der Waals surface area contributed by atoms with E-state index in [0.717, 1.165) is 0 Å². The quantitative estimate of drug-likeness (QED) is 0.396. The molecule has 10 heteroatoms. The van der Waals surface area contributed by atoms with Gasteiger partial charge in [0.25, 0.3) is 5.56 Å². The molecule has 3 heterocycles. The number of fused-ring (bicyclic) bond motifs is 1. The highest BCUT2D eigenvalue weighted by atomic mass is 16.5. The van der Waals surface area contributed by atoms with Gasteiger partial charge in [0.15, 0.2) is 17.4 Å². The topological polar surface area (TPSA) is 165 Å². The Morgan fingerprint density at radius 2 is 2.30 bits per heavy atom. The van der Waals surface area contributed by atoms with Crippen LogP contribution in [-0.4, -0.2) is 54.6 Å². The van der Waals surface area contributed by atoms with Gasteiger partial charge in [-0.05, 0) is 0 Å². The Hall–Kier alpha value is -2.01. The molecule has 2 unspecified atom stereocenters. The molecule has 0 saturated carbocycles. The third kappa shape index (κ3) is 1.78. The standard InChI is InChI=1S/C10H14N6O4/c11-4-3(1-17)20-9(6(4)18)16-2-13-5-7(16)14-10(12)15-8(5)19/h2-4,6,9,17-18H,1,11H2,(H3,12,14,15,19)/t3-,4?,6?,9-/m1/s1. The summed E-state index contributed by atoms with van der Waals surface area (Å²) in [5.41, 5.74) is 11.0. The van der Waals surface area contributed by atoms with Gasteiger partial charge < -0.3 is 26.4 Å². The molecule has 1 aliphatic heterocycles. The van der Waals surface area contributed by atoms with Gasteiger partial charge in [0.1, 0.15) is 12.2 Å². The molecule has 3 rings (SSSR count). The lowest BCUT2D eigenvalue weighted by atomic mass is 10.1. The van der Waals surface area contributed by atoms with E-state index in [4.69, 9.17) is 21.3 Å². The number of aliphatic hydroxyl groups is 2. The number of nitrogens with two attached hydrogens (primary N) is 2. The molecule has 1 aliphatic rings. The highest BCUT2D eigenvalue weighted by Gasteiger charge is 2.42. The Morgan fingerprint density at radius 1 is 1.55 bits per heavy atom. The average molecular weight is 282 g/mol. The second kappa shape index (κ2) is 4.52. The van der Waals surface area contributed by atoms with Gasteiger partial charge >= 0.3 is 0 Å². The number of aromatic nitrogens is 4. The number of hydrogen-bond acceptors (Lipinski definition) is 8. The summed E-state index contributed by atoms with van der Waals surface area (Å²) in [5, 5.41) is 19.2. The normalized spacial score (nSPS) is 30.1. The fraction of sp³-hybridized carbons (Fsp3) is 0.500. The molecule has 1 fully saturated rings. The fourth-order valence-electron chi connectivity index (χ4n) is 2.28. The van der Waals surface area contributed by atoms with Gasteiger partial charge in [0.2, 0.25) is 5.95 Å². The molecule has 0 amide bonds. The molecule has 0 aromatic carbocycles. The molecule has 0 spiro atoms. The number of rotatable bonds is 2. The molecule has 10 nitrogen and oxygen atoms in total. The van der Waals surface area contributed by atoms with E-state index in [9.17, 15) is 9.90 Å². The monoisotopic (exact) mass is 282 g/mol. The predicted octanol–water partition coefficient (Wildman–Crippen LogP) is -2.72. The van der Waals surface area contributed by atoms with Gasteiger partial charge in [-0.3, -0.25) is 14.3 Å². The zero-order chi connectivity index (χ0) is 14.4. The maximum Gasteiger partial charge on any atom is 0.280 e. The molecule has 7 N–H and O–H groups in total. The number of aromatic amines is 1. The summed E-state index contributed by atoms with van der Waals surface area (Å²) in [6.45, 7) is -0.322. The van der Waals surface area contributed by atoms with Crippen molar-refractivity contribution in [1.29, 1.82) is 0 Å². The molecular formula is C10H14N6O4. The van der Waals surface area contributed by atoms with Crippen LogP contribution in [-0.2, 0) is 4.74 Å². The van der Waals surface area contributed by atoms with Crippen LogP contribution in [0.15, 0.2) is 11.1 Å². The van der Waals surface area contributed by atoms with Crippen LogP contribution in [0.25, 0.3) is 11.2 Å². The molecule has 0 aliphatic carbocycles. The minimum absolute atomic E-state index is 0.0697. The number of aliphatic hydroxyl groups excluding tert-OH is 2. The van der Waals surface area contributed by atoms with Crippen LogP contribution in [0.5, 0.6) is 0 Å². The first-order chi connectivity index (χ1) is 9.52. The van der Waals surface area contributed by atoms with E-state index in [-0.39, 0.29) is 23.7 Å². The van der Waals surface area contributed by atoms with E-state index >= 15 is 0 Å². The van der Waals surface area contributed by atoms with Crippen molar-refractivity contribution in [3.63, 3.8) is 0 Å². The summed E-state index contributed by atoms with van der Waals surface area (Å²) in [7, 11) is 0. The summed E-state index contributed by atoms with van der Waals surface area (Å²) in [6.07, 6.45) is -1.34. The molecule has 108 valence electrons. The van der Waals surface area contributed by atoms with E-state index in [1.54, 1.807) is 0 Å². The highest BCUT2D eigenvalue weighted by molar-refractivity contribution is 5.70. The molecule has 0 bridgehead atoms. The van der Waals surface area contributed by atoms with E-state index in [0.29, 0.717) is 0 Å². The molecule has 0 radical (unpaired) electrons. The van der Waals surface area contributed by atoms with E-state index in [1.165, 1.54) is 10.9 Å². The molecular weight excluding hydrogens is 268 g/mol. The molecule has 1 saturated heterocycles. The molecule has 2 aromatic heterocycles. The molecule has 2 aromatic rings. The van der Waals surface area contributed by atoms with Gasteiger partial charge in [-0.1, -0.05) is 0 Å². The second-order valence-electron chi connectivity index (χ2n) is 4.59. The van der Waals surface area contributed by atoms with Gasteiger partial charge in [-0.25, -0.2) is 4.98 Å². The smallest absolute Gasteiger partial charge is 0.280 e. The molecule has 4 atom stereocenters. The third-order valence-electron chi connectivity index (χ3n) is 3.33. The molecule has 20 heavy (non-hydrogen) atoms. The number of nitrogens with one attached hydrogen (secondary N) is 1. The SMILES string of the molecule is Nc1nc2c(ncn2[C@@H]2O[C@H](CO)C(N)C2O)c(=O)[nH]1. The van der Waals surface area contributed by atoms with Gasteiger partial charge in [-0.2, -0.15) is 4.98 Å². The van der Waals surface area contributed by atoms with Gasteiger partial charge in [0.05, 0.1) is 19.0 Å². The Bertz CT molecular complexity index is 697. The Kier molecular flexibility index (Phi) is 2.94. The first-order valence-electron chi connectivity index (χ1n) is 5.95. The van der Waals surface area contributed by atoms with E-state index in [1.807, 2.05) is 0 Å². The van der Waals surface area contributed by atoms with Gasteiger partial charge in [-0.15, -0.1) is 0 Å². The van der Waals surface area contributed by atoms with Crippen molar-refractivity contribution in [2.45, 2.75) is 24.5 Å². The third-order valence-corrected chi connectivity index (χ3v) is 3.33. The summed E-state index contributed by atoms with van der Waals surface area (Å²) in [6, 6.07) is -0.748. The number of ether oxygens (including phenoxy) is 1. The number of nitrogens with zero attached hydrogens (tertiary/aromatic N) is 3. The van der Waals surface area contributed by atoms with Crippen LogP contribution in [0.4, 0.5) is 5.95 Å². The lowest BCUT2D eigenvalue weighted by molar-refractivity contribution is -0.0488. The van der Waals surface area contributed by atoms with E-state index in [2.05, 4.69) is 15.0 Å². The van der Waals surface area contributed by atoms with Crippen LogP contribution in [0.2, 0.25) is 0 Å². The van der Waals surface area contributed by atoms with Crippen molar-refractivity contribution in [3.05, 3.63) is 16.7 Å². The minimum atomic E-state index is -1.06. The van der Waals surface area contributed by atoms with Crippen molar-refractivity contribution in [1.82, 2.24) is 19.5 Å². The zero-order valence-electron chi connectivity index (χ0n) is 10.3. The number of nitrogen functional groups attached to an aromatic ring is 1. The van der Waals surface area contributed by atoms with Crippen LogP contribution in [0.3, 0.4) is 0 Å². The maximum atomic E-state index is 11.7. The second-order valence-corrected chi connectivity index (χ2v) is 4.59. The van der Waals surface area contributed by atoms with E-state index < -0.39 is 30.0 Å². The number of H-pyrrole nitrogens is 1. The maximum absolute atomic E-state index is 11.7. The summed E-state index contributed by atoms with van der Waals surface area (Å²) in [4.78, 5) is 21.9. The number of hydrogen-bond donors (Lipinski definition) is 5. The van der Waals surface area contributed by atoms with Crippen molar-refractivity contribution < 1.29 is 14.9 Å². The van der Waals surface area contributed by atoms with Gasteiger partial charge in [0, 0.05) is 0 Å². The lowest BCUT2D eigenvalue weighted by Crippen LogP contribution is -2.41. The van der Waals surface area contributed by atoms with Crippen LogP contribution < -0.4 is 17.0 Å². The predicted molar refractivity (Wildman–Crippen MR) is 67.5 cm³/mol. The first kappa shape index (κ1) is 13.0. The number of imidazole rings is 1. The summed E-state index contributed by atoms with van der Waals surface area (Å²) in [5.74, 6) is -0.0697. The largest absolute Gasteiger partial charge is 0.394 e. The zero-order valence-corrected chi connectivity index (χ0v) is 10.3. The van der Waals surface area contributed by atoms with Crippen molar-refractivity contribution >= 4 is 17.1 Å².